The fourth-order valence-corrected chi connectivity index (χ4v) is 6.74. The molecule has 5 fully saturated rings. The molecule has 0 aromatic carbocycles. The van der Waals surface area contributed by atoms with Crippen molar-refractivity contribution < 1.29 is 28.6 Å². The van der Waals surface area contributed by atoms with E-state index in [2.05, 4.69) is 17.6 Å². The molecule has 0 saturated heterocycles. The number of aliphatic hydroxyl groups excluding tert-OH is 1. The number of alkyl halides is 2. The van der Waals surface area contributed by atoms with Crippen molar-refractivity contribution in [1.29, 1.82) is 0 Å². The van der Waals surface area contributed by atoms with E-state index >= 15 is 0 Å². The van der Waals surface area contributed by atoms with E-state index in [4.69, 9.17) is 21.1 Å². The quantitative estimate of drug-likeness (QED) is 0.322. The van der Waals surface area contributed by atoms with Gasteiger partial charge in [-0.15, -0.1) is 11.6 Å². The topological polar surface area (TPSA) is 96.9 Å². The Labute approximate surface area is 213 Å². The Morgan fingerprint density at radius 1 is 1.03 bits per heavy atom. The summed E-state index contributed by atoms with van der Waals surface area (Å²) in [6.45, 7) is 3.09. The molecule has 35 heavy (non-hydrogen) atoms. The molecule has 0 radical (unpaired) electrons. The lowest BCUT2D eigenvalue weighted by Gasteiger charge is -2.55. The molecule has 0 heterocycles. The van der Waals surface area contributed by atoms with Gasteiger partial charge in [0.15, 0.2) is 0 Å². The van der Waals surface area contributed by atoms with Crippen LogP contribution in [0.2, 0.25) is 0 Å². The SMILES string of the molecule is CC1CCC(OCCNC(=O)C23CCC(NC(=O)COC4CCC(Cl)C(F)C4)(CC2)CC3O)CC1. The van der Waals surface area contributed by atoms with E-state index in [0.29, 0.717) is 58.1 Å². The summed E-state index contributed by atoms with van der Waals surface area (Å²) in [5, 5.41) is 16.5. The van der Waals surface area contributed by atoms with E-state index in [1.165, 1.54) is 12.8 Å². The van der Waals surface area contributed by atoms with Gasteiger partial charge in [0.2, 0.25) is 11.8 Å². The predicted molar refractivity (Wildman–Crippen MR) is 131 cm³/mol. The van der Waals surface area contributed by atoms with Crippen LogP contribution in [0, 0.1) is 11.3 Å². The maximum Gasteiger partial charge on any atom is 0.246 e. The molecule has 5 rings (SSSR count). The van der Waals surface area contributed by atoms with Crippen molar-refractivity contribution in [3.8, 4) is 0 Å². The summed E-state index contributed by atoms with van der Waals surface area (Å²) in [6.07, 6.45) is 6.76. The molecule has 5 aliphatic rings. The van der Waals surface area contributed by atoms with Crippen molar-refractivity contribution in [2.24, 2.45) is 11.3 Å². The molecule has 9 heteroatoms. The Morgan fingerprint density at radius 2 is 1.71 bits per heavy atom. The van der Waals surface area contributed by atoms with Crippen LogP contribution < -0.4 is 10.6 Å². The number of aliphatic hydroxyl groups is 1. The van der Waals surface area contributed by atoms with Gasteiger partial charge in [-0.1, -0.05) is 6.92 Å². The van der Waals surface area contributed by atoms with Gasteiger partial charge in [0.25, 0.3) is 0 Å². The number of carbonyl (C=O) groups excluding carboxylic acids is 2. The number of hydrogen-bond acceptors (Lipinski definition) is 5. The van der Waals surface area contributed by atoms with E-state index in [9.17, 15) is 19.1 Å². The van der Waals surface area contributed by atoms with Crippen molar-refractivity contribution in [3.05, 3.63) is 0 Å². The van der Waals surface area contributed by atoms with E-state index in [1.54, 1.807) is 0 Å². The molecule has 4 atom stereocenters. The molecule has 4 unspecified atom stereocenters. The van der Waals surface area contributed by atoms with Gasteiger partial charge in [-0.2, -0.15) is 0 Å². The second kappa shape index (κ2) is 11.6. The van der Waals surface area contributed by atoms with Crippen LogP contribution in [0.1, 0.15) is 84.0 Å². The van der Waals surface area contributed by atoms with Crippen molar-refractivity contribution in [1.82, 2.24) is 10.6 Å². The largest absolute Gasteiger partial charge is 0.392 e. The molecular weight excluding hydrogens is 475 g/mol. The Morgan fingerprint density at radius 3 is 2.37 bits per heavy atom. The van der Waals surface area contributed by atoms with Crippen molar-refractivity contribution >= 4 is 23.4 Å². The minimum absolute atomic E-state index is 0.107. The zero-order valence-electron chi connectivity index (χ0n) is 20.9. The third kappa shape index (κ3) is 6.49. The molecule has 5 aliphatic carbocycles. The van der Waals surface area contributed by atoms with Crippen LogP contribution in [0.5, 0.6) is 0 Å². The molecule has 0 aliphatic heterocycles. The molecule has 0 aromatic rings. The molecule has 2 bridgehead atoms. The van der Waals surface area contributed by atoms with Crippen molar-refractivity contribution in [3.63, 3.8) is 0 Å². The maximum atomic E-state index is 13.8. The summed E-state index contributed by atoms with van der Waals surface area (Å²) in [7, 11) is 0. The van der Waals surface area contributed by atoms with E-state index < -0.39 is 28.6 Å². The number of fused-ring (bicyclic) bond motifs is 3. The zero-order chi connectivity index (χ0) is 25.1. The fourth-order valence-electron chi connectivity index (χ4n) is 6.51. The lowest BCUT2D eigenvalue weighted by Crippen LogP contribution is -2.65. The zero-order valence-corrected chi connectivity index (χ0v) is 21.7. The first-order valence-corrected chi connectivity index (χ1v) is 13.9. The van der Waals surface area contributed by atoms with Crippen LogP contribution in [0.4, 0.5) is 4.39 Å². The average molecular weight is 517 g/mol. The van der Waals surface area contributed by atoms with E-state index in [1.807, 2.05) is 0 Å². The van der Waals surface area contributed by atoms with Crippen molar-refractivity contribution in [2.45, 2.75) is 119 Å². The van der Waals surface area contributed by atoms with Gasteiger partial charge < -0.3 is 25.2 Å². The van der Waals surface area contributed by atoms with Crippen LogP contribution >= 0.6 is 11.6 Å². The molecule has 0 aromatic heterocycles. The van der Waals surface area contributed by atoms with Crippen LogP contribution in [-0.2, 0) is 19.1 Å². The molecular formula is C26H42ClFN2O5. The normalized spacial score (nSPS) is 41.4. The highest BCUT2D eigenvalue weighted by Gasteiger charge is 2.58. The van der Waals surface area contributed by atoms with Gasteiger partial charge in [0, 0.05) is 18.5 Å². The predicted octanol–water partition coefficient (Wildman–Crippen LogP) is 3.39. The highest BCUT2D eigenvalue weighted by Crippen LogP contribution is 2.52. The smallest absolute Gasteiger partial charge is 0.246 e. The van der Waals surface area contributed by atoms with Gasteiger partial charge in [-0.3, -0.25) is 9.59 Å². The number of hydrogen-bond donors (Lipinski definition) is 3. The van der Waals surface area contributed by atoms with Crippen molar-refractivity contribution in [2.75, 3.05) is 19.8 Å². The fraction of sp³-hybridized carbons (Fsp3) is 0.923. The van der Waals surface area contributed by atoms with Crippen LogP contribution in [-0.4, -0.2) is 72.1 Å². The molecule has 2 amide bonds. The second-order valence-electron chi connectivity index (χ2n) is 11.5. The van der Waals surface area contributed by atoms with Gasteiger partial charge in [0.05, 0.1) is 35.7 Å². The Kier molecular flexibility index (Phi) is 8.99. The first kappa shape index (κ1) is 27.1. The first-order chi connectivity index (χ1) is 16.7. The summed E-state index contributed by atoms with van der Waals surface area (Å²) in [4.78, 5) is 25.7. The summed E-state index contributed by atoms with van der Waals surface area (Å²) in [5.41, 5.74) is -1.31. The molecule has 5 saturated carbocycles. The van der Waals surface area contributed by atoms with Gasteiger partial charge in [0.1, 0.15) is 12.8 Å². The standard InChI is InChI=1S/C26H42ClFN2O5/c1-17-2-4-18(5-3-17)34-13-12-29-24(33)26-10-8-25(9-11-26,15-22(26)31)30-23(32)16-35-19-6-7-20(27)21(28)14-19/h17-22,31H,2-16H2,1H3,(H,29,33)(H,30,32). The summed E-state index contributed by atoms with van der Waals surface area (Å²) < 4.78 is 25.4. The molecule has 200 valence electrons. The minimum Gasteiger partial charge on any atom is -0.392 e. The van der Waals surface area contributed by atoms with Crippen LogP contribution in [0.3, 0.4) is 0 Å². The molecule has 7 nitrogen and oxygen atoms in total. The van der Waals surface area contributed by atoms with Gasteiger partial charge in [-0.05, 0) is 76.5 Å². The Balaban J connectivity index is 1.18. The Bertz CT molecular complexity index is 739. The number of amides is 2. The lowest BCUT2D eigenvalue weighted by atomic mass is 9.55. The third-order valence-electron chi connectivity index (χ3n) is 8.98. The number of carbonyl (C=O) groups is 2. The van der Waals surface area contributed by atoms with Crippen LogP contribution in [0.25, 0.3) is 0 Å². The lowest BCUT2D eigenvalue weighted by molar-refractivity contribution is -0.157. The second-order valence-corrected chi connectivity index (χ2v) is 12.1. The summed E-state index contributed by atoms with van der Waals surface area (Å²) in [5.74, 6) is 0.413. The molecule has 0 spiro atoms. The first-order valence-electron chi connectivity index (χ1n) is 13.5. The summed E-state index contributed by atoms with van der Waals surface area (Å²) >= 11 is 5.92. The van der Waals surface area contributed by atoms with E-state index in [0.717, 1.165) is 18.8 Å². The highest BCUT2D eigenvalue weighted by atomic mass is 35.5. The average Bonchev–Trinajstić information content (AvgIpc) is 2.84. The number of halogens is 2. The van der Waals surface area contributed by atoms with Crippen LogP contribution in [0.15, 0.2) is 0 Å². The van der Waals surface area contributed by atoms with Gasteiger partial charge in [-0.25, -0.2) is 4.39 Å². The summed E-state index contributed by atoms with van der Waals surface area (Å²) in [6, 6.07) is 0. The number of ether oxygens (including phenoxy) is 2. The number of nitrogens with one attached hydrogen (secondary N) is 2. The third-order valence-corrected chi connectivity index (χ3v) is 9.47. The molecule has 3 N–H and O–H groups in total. The Hall–Kier alpha value is -0.960. The minimum atomic E-state index is -1.11. The monoisotopic (exact) mass is 516 g/mol. The maximum absolute atomic E-state index is 13.8. The highest BCUT2D eigenvalue weighted by molar-refractivity contribution is 6.21. The van der Waals surface area contributed by atoms with Gasteiger partial charge >= 0.3 is 0 Å². The number of rotatable bonds is 9. The van der Waals surface area contributed by atoms with E-state index in [-0.39, 0.29) is 37.0 Å².